The van der Waals surface area contributed by atoms with Crippen LogP contribution < -0.4 is 19.9 Å². The summed E-state index contributed by atoms with van der Waals surface area (Å²) in [5.41, 5.74) is 5.19. The van der Waals surface area contributed by atoms with Gasteiger partial charge in [-0.3, -0.25) is 14.5 Å². The molecule has 1 aliphatic carbocycles. The first-order valence-electron chi connectivity index (χ1n) is 16.6. The highest BCUT2D eigenvalue weighted by Crippen LogP contribution is 2.44. The van der Waals surface area contributed by atoms with Crippen LogP contribution in [-0.4, -0.2) is 78.3 Å². The largest absolute Gasteiger partial charge is 0.497 e. The lowest BCUT2D eigenvalue weighted by Gasteiger charge is -2.36. The minimum atomic E-state index is -0.359. The lowest BCUT2D eigenvalue weighted by molar-refractivity contribution is -0.135. The van der Waals surface area contributed by atoms with Gasteiger partial charge in [0.05, 0.1) is 50.1 Å². The van der Waals surface area contributed by atoms with Gasteiger partial charge in [-0.15, -0.1) is 0 Å². The van der Waals surface area contributed by atoms with Crippen LogP contribution in [0.5, 0.6) is 11.5 Å². The standard InChI is InChI=1S/C38H39ClN6O4/c1-48-30-15-11-26(12-16-30)23-28-7-6-10-32-36(28)41-45(37(32)27-13-17-31(49-2)18-14-27)34(46)25-42-19-21-43(22-20-42)33-24-40-44(38(47)35(33)39)29-8-4-3-5-9-29/h3-5,8-9,11-18,23-24,32,37H,6-7,10,19-22,25H2,1-2H3/b28-23-. The molecule has 7 rings (SSSR count). The lowest BCUT2D eigenvalue weighted by Crippen LogP contribution is -2.50. The number of piperazine rings is 1. The van der Waals surface area contributed by atoms with Crippen molar-refractivity contribution in [1.82, 2.24) is 19.7 Å². The van der Waals surface area contributed by atoms with Crippen LogP contribution in [0.15, 0.2) is 101 Å². The molecule has 0 spiro atoms. The number of hydrogen-bond donors (Lipinski definition) is 0. The topological polar surface area (TPSA) is 92.5 Å². The minimum absolute atomic E-state index is 0.0369. The van der Waals surface area contributed by atoms with E-state index in [1.807, 2.05) is 78.9 Å². The van der Waals surface area contributed by atoms with Gasteiger partial charge in [-0.05, 0) is 78.4 Å². The molecule has 0 N–H and O–H groups in total. The van der Waals surface area contributed by atoms with Crippen LogP contribution in [0.1, 0.15) is 36.4 Å². The predicted octanol–water partition coefficient (Wildman–Crippen LogP) is 5.85. The monoisotopic (exact) mass is 678 g/mol. The Bertz CT molecular complexity index is 1920. The number of fused-ring (bicyclic) bond motifs is 1. The number of hydrazone groups is 1. The van der Waals surface area contributed by atoms with Crippen molar-refractivity contribution in [2.75, 3.05) is 51.8 Å². The fourth-order valence-corrected chi connectivity index (χ4v) is 7.30. The van der Waals surface area contributed by atoms with Crippen molar-refractivity contribution in [2.24, 2.45) is 11.0 Å². The van der Waals surface area contributed by atoms with Gasteiger partial charge in [0.2, 0.25) is 0 Å². The smallest absolute Gasteiger partial charge is 0.292 e. The summed E-state index contributed by atoms with van der Waals surface area (Å²) in [6.07, 6.45) is 6.73. The van der Waals surface area contributed by atoms with Gasteiger partial charge in [0.15, 0.2) is 0 Å². The second kappa shape index (κ2) is 14.3. The number of benzene rings is 3. The maximum atomic E-state index is 14.2. The highest BCUT2D eigenvalue weighted by atomic mass is 35.5. The summed E-state index contributed by atoms with van der Waals surface area (Å²) in [4.78, 5) is 31.4. The maximum Gasteiger partial charge on any atom is 0.292 e. The highest BCUT2D eigenvalue weighted by molar-refractivity contribution is 6.33. The van der Waals surface area contributed by atoms with Gasteiger partial charge >= 0.3 is 0 Å². The normalized spacial score (nSPS) is 20.2. The zero-order valence-electron chi connectivity index (χ0n) is 27.7. The number of amides is 1. The third-order valence-corrected chi connectivity index (χ3v) is 10.00. The number of hydrogen-bond acceptors (Lipinski definition) is 8. The number of allylic oxidation sites excluding steroid dienone is 1. The molecule has 252 valence electrons. The Labute approximate surface area is 290 Å². The molecule has 2 atom stereocenters. The molecule has 0 bridgehead atoms. The molecule has 49 heavy (non-hydrogen) atoms. The minimum Gasteiger partial charge on any atom is -0.497 e. The number of rotatable bonds is 8. The summed E-state index contributed by atoms with van der Waals surface area (Å²) in [5.74, 6) is 1.65. The SMILES string of the molecule is COc1ccc(/C=C2/CCCC3C2=NN(C(=O)CN2CCN(c4cnn(-c5ccccc5)c(=O)c4Cl)CC2)C3c2ccc(OC)cc2)cc1. The van der Waals surface area contributed by atoms with Crippen molar-refractivity contribution in [3.63, 3.8) is 0 Å². The van der Waals surface area contributed by atoms with E-state index < -0.39 is 0 Å². The maximum absolute atomic E-state index is 14.2. The number of nitrogens with zero attached hydrogens (tertiary/aromatic N) is 6. The van der Waals surface area contributed by atoms with Crippen molar-refractivity contribution in [3.05, 3.63) is 117 Å². The zero-order valence-corrected chi connectivity index (χ0v) is 28.4. The summed E-state index contributed by atoms with van der Waals surface area (Å²) in [7, 11) is 3.32. The number of anilines is 1. The van der Waals surface area contributed by atoms with Gasteiger partial charge in [-0.1, -0.05) is 54.1 Å². The molecule has 2 aliphatic heterocycles. The van der Waals surface area contributed by atoms with Crippen LogP contribution in [0.3, 0.4) is 0 Å². The molecule has 1 aromatic heterocycles. The summed E-state index contributed by atoms with van der Waals surface area (Å²) < 4.78 is 12.1. The Morgan fingerprint density at radius 2 is 1.59 bits per heavy atom. The van der Waals surface area contributed by atoms with E-state index in [9.17, 15) is 9.59 Å². The Hall–Kier alpha value is -4.93. The van der Waals surface area contributed by atoms with E-state index in [-0.39, 0.29) is 35.0 Å². The van der Waals surface area contributed by atoms with Crippen LogP contribution in [0, 0.1) is 5.92 Å². The molecule has 11 heteroatoms. The molecular formula is C38H39ClN6O4. The molecule has 2 unspecified atom stereocenters. The Balaban J connectivity index is 1.09. The number of para-hydroxylation sites is 1. The van der Waals surface area contributed by atoms with Gasteiger partial charge in [0.25, 0.3) is 11.5 Å². The van der Waals surface area contributed by atoms with Gasteiger partial charge in [0, 0.05) is 32.1 Å². The number of aromatic nitrogens is 2. The average Bonchev–Trinajstić information content (AvgIpc) is 3.55. The second-order valence-corrected chi connectivity index (χ2v) is 12.9. The van der Waals surface area contributed by atoms with Crippen LogP contribution in [0.4, 0.5) is 5.69 Å². The number of halogens is 1. The molecule has 1 saturated heterocycles. The van der Waals surface area contributed by atoms with Crippen molar-refractivity contribution >= 4 is 35.0 Å². The average molecular weight is 679 g/mol. The number of carbonyl (C=O) groups excluding carboxylic acids is 1. The molecule has 3 aliphatic rings. The van der Waals surface area contributed by atoms with Crippen LogP contribution in [0.2, 0.25) is 5.02 Å². The van der Waals surface area contributed by atoms with Gasteiger partial charge in [0.1, 0.15) is 16.5 Å². The predicted molar refractivity (Wildman–Crippen MR) is 192 cm³/mol. The van der Waals surface area contributed by atoms with E-state index in [1.54, 1.807) is 25.4 Å². The number of methoxy groups -OCH3 is 2. The molecule has 3 heterocycles. The summed E-state index contributed by atoms with van der Waals surface area (Å²) in [5, 5.41) is 11.3. The first-order chi connectivity index (χ1) is 23.9. The second-order valence-electron chi connectivity index (χ2n) is 12.5. The van der Waals surface area contributed by atoms with Crippen molar-refractivity contribution < 1.29 is 14.3 Å². The van der Waals surface area contributed by atoms with E-state index in [1.165, 1.54) is 10.3 Å². The van der Waals surface area contributed by atoms with E-state index in [4.69, 9.17) is 26.2 Å². The number of ether oxygens (including phenoxy) is 2. The molecule has 0 radical (unpaired) electrons. The quantitative estimate of drug-likeness (QED) is 0.231. The molecule has 3 aromatic carbocycles. The van der Waals surface area contributed by atoms with E-state index in [0.29, 0.717) is 37.6 Å². The number of carbonyl (C=O) groups is 1. The van der Waals surface area contributed by atoms with E-state index >= 15 is 0 Å². The Kier molecular flexibility index (Phi) is 9.50. The first-order valence-corrected chi connectivity index (χ1v) is 17.0. The van der Waals surface area contributed by atoms with E-state index in [0.717, 1.165) is 47.6 Å². The first kappa shape index (κ1) is 32.6. The van der Waals surface area contributed by atoms with Crippen LogP contribution >= 0.6 is 11.6 Å². The molecule has 4 aromatic rings. The summed E-state index contributed by atoms with van der Waals surface area (Å²) in [6.45, 7) is 2.72. The fraction of sp³-hybridized carbons (Fsp3) is 0.316. The molecule has 2 fully saturated rings. The highest BCUT2D eigenvalue weighted by Gasteiger charge is 2.44. The third kappa shape index (κ3) is 6.71. The van der Waals surface area contributed by atoms with Crippen molar-refractivity contribution in [2.45, 2.75) is 25.3 Å². The van der Waals surface area contributed by atoms with E-state index in [2.05, 4.69) is 21.0 Å². The Morgan fingerprint density at radius 3 is 2.27 bits per heavy atom. The van der Waals surface area contributed by atoms with Gasteiger partial charge in [-0.2, -0.15) is 14.9 Å². The Morgan fingerprint density at radius 1 is 0.918 bits per heavy atom. The molecular weight excluding hydrogens is 640 g/mol. The summed E-state index contributed by atoms with van der Waals surface area (Å²) in [6, 6.07) is 25.0. The van der Waals surface area contributed by atoms with Gasteiger partial charge < -0.3 is 14.4 Å². The van der Waals surface area contributed by atoms with Crippen LogP contribution in [-0.2, 0) is 4.79 Å². The summed E-state index contributed by atoms with van der Waals surface area (Å²) >= 11 is 6.60. The van der Waals surface area contributed by atoms with Crippen molar-refractivity contribution in [3.8, 4) is 17.2 Å². The third-order valence-electron chi connectivity index (χ3n) is 9.64. The lowest BCUT2D eigenvalue weighted by atomic mass is 9.77. The van der Waals surface area contributed by atoms with Gasteiger partial charge in [-0.25, -0.2) is 5.01 Å². The van der Waals surface area contributed by atoms with Crippen molar-refractivity contribution in [1.29, 1.82) is 0 Å². The molecule has 1 saturated carbocycles. The molecule has 10 nitrogen and oxygen atoms in total. The zero-order chi connectivity index (χ0) is 33.9. The molecule has 1 amide bonds. The fourth-order valence-electron chi connectivity index (χ4n) is 7.05. The van der Waals surface area contributed by atoms with Crippen LogP contribution in [0.25, 0.3) is 11.8 Å².